The number of anilines is 2. The van der Waals surface area contributed by atoms with Gasteiger partial charge in [-0.1, -0.05) is 29.3 Å². The van der Waals surface area contributed by atoms with E-state index in [1.165, 1.54) is 7.11 Å². The fraction of sp³-hybridized carbons (Fsp3) is 0.133. The van der Waals surface area contributed by atoms with Crippen molar-refractivity contribution in [2.75, 3.05) is 17.7 Å². The number of carbonyl (C=O) groups is 1. The van der Waals surface area contributed by atoms with Gasteiger partial charge in [-0.15, -0.1) is 0 Å². The lowest BCUT2D eigenvalue weighted by atomic mass is 10.2. The number of hydrogen-bond acceptors (Lipinski definition) is 3. The molecule has 0 heterocycles. The van der Waals surface area contributed by atoms with Gasteiger partial charge in [0, 0.05) is 28.0 Å². The molecule has 6 heteroatoms. The van der Waals surface area contributed by atoms with Crippen LogP contribution in [0.5, 0.6) is 0 Å². The monoisotopic (exact) mass is 324 g/mol. The highest BCUT2D eigenvalue weighted by Crippen LogP contribution is 2.21. The predicted molar refractivity (Wildman–Crippen MR) is 86.3 cm³/mol. The molecule has 1 amide bonds. The van der Waals surface area contributed by atoms with E-state index in [2.05, 4.69) is 15.4 Å². The standard InChI is InChI=1S/C15H14Cl2N2O2/c1-21-15(20)19-14-4-2-3-13(8-14)18-9-10-5-11(16)7-12(17)6-10/h2-8,18H,9H2,1H3,(H,19,20). The molecule has 0 unspecified atom stereocenters. The van der Waals surface area contributed by atoms with E-state index in [0.717, 1.165) is 11.3 Å². The summed E-state index contributed by atoms with van der Waals surface area (Å²) in [5.41, 5.74) is 2.48. The molecule has 0 fully saturated rings. The van der Waals surface area contributed by atoms with Crippen LogP contribution in [0.3, 0.4) is 0 Å². The normalized spacial score (nSPS) is 10.0. The Kier molecular flexibility index (Phi) is 5.31. The minimum Gasteiger partial charge on any atom is -0.453 e. The summed E-state index contributed by atoms with van der Waals surface area (Å²) < 4.78 is 4.55. The van der Waals surface area contributed by atoms with Crippen molar-refractivity contribution < 1.29 is 9.53 Å². The van der Waals surface area contributed by atoms with Crippen LogP contribution in [-0.4, -0.2) is 13.2 Å². The number of carbonyl (C=O) groups excluding carboxylic acids is 1. The van der Waals surface area contributed by atoms with E-state index in [1.807, 2.05) is 30.3 Å². The molecule has 0 saturated heterocycles. The molecule has 110 valence electrons. The molecule has 0 aliphatic carbocycles. The first-order valence-electron chi connectivity index (χ1n) is 6.20. The van der Waals surface area contributed by atoms with E-state index in [9.17, 15) is 4.79 Å². The third-order valence-corrected chi connectivity index (χ3v) is 3.15. The molecule has 21 heavy (non-hydrogen) atoms. The van der Waals surface area contributed by atoms with Crippen molar-refractivity contribution in [3.05, 3.63) is 58.1 Å². The minimum atomic E-state index is -0.506. The molecule has 0 aliphatic heterocycles. The van der Waals surface area contributed by atoms with Gasteiger partial charge in [-0.2, -0.15) is 0 Å². The number of benzene rings is 2. The van der Waals surface area contributed by atoms with Gasteiger partial charge in [0.25, 0.3) is 0 Å². The third-order valence-electron chi connectivity index (χ3n) is 2.71. The summed E-state index contributed by atoms with van der Waals surface area (Å²) in [5.74, 6) is 0. The number of amides is 1. The molecule has 0 aliphatic rings. The van der Waals surface area contributed by atoms with Gasteiger partial charge in [-0.25, -0.2) is 4.79 Å². The van der Waals surface area contributed by atoms with Crippen LogP contribution in [0, 0.1) is 0 Å². The SMILES string of the molecule is COC(=O)Nc1cccc(NCc2cc(Cl)cc(Cl)c2)c1. The summed E-state index contributed by atoms with van der Waals surface area (Å²) in [7, 11) is 1.32. The van der Waals surface area contributed by atoms with Crippen LogP contribution in [0.15, 0.2) is 42.5 Å². The Hall–Kier alpha value is -1.91. The van der Waals surface area contributed by atoms with E-state index < -0.39 is 6.09 Å². The Balaban J connectivity index is 2.02. The van der Waals surface area contributed by atoms with E-state index >= 15 is 0 Å². The first-order chi connectivity index (χ1) is 10.1. The fourth-order valence-corrected chi connectivity index (χ4v) is 2.36. The topological polar surface area (TPSA) is 50.4 Å². The number of ether oxygens (including phenoxy) is 1. The second-order valence-corrected chi connectivity index (χ2v) is 5.20. The smallest absolute Gasteiger partial charge is 0.411 e. The maximum atomic E-state index is 11.2. The fourth-order valence-electron chi connectivity index (χ4n) is 1.79. The number of hydrogen-bond donors (Lipinski definition) is 2. The number of halogens is 2. The largest absolute Gasteiger partial charge is 0.453 e. The van der Waals surface area contributed by atoms with Crippen molar-refractivity contribution in [2.24, 2.45) is 0 Å². The van der Waals surface area contributed by atoms with E-state index in [4.69, 9.17) is 23.2 Å². The summed E-state index contributed by atoms with van der Waals surface area (Å²) in [5, 5.41) is 7.04. The molecule has 2 aromatic carbocycles. The third kappa shape index (κ3) is 4.85. The summed E-state index contributed by atoms with van der Waals surface area (Å²) in [6.45, 7) is 0.571. The van der Waals surface area contributed by atoms with Crippen LogP contribution in [0.25, 0.3) is 0 Å². The molecule has 0 spiro atoms. The Bertz CT molecular complexity index is 627. The van der Waals surface area contributed by atoms with E-state index in [0.29, 0.717) is 22.3 Å². The van der Waals surface area contributed by atoms with Gasteiger partial charge >= 0.3 is 6.09 Å². The highest BCUT2D eigenvalue weighted by Gasteiger charge is 2.02. The zero-order chi connectivity index (χ0) is 15.2. The summed E-state index contributed by atoms with van der Waals surface area (Å²) in [6.07, 6.45) is -0.506. The molecule has 2 aromatic rings. The Morgan fingerprint density at radius 2 is 1.76 bits per heavy atom. The van der Waals surface area contributed by atoms with Crippen molar-refractivity contribution in [1.29, 1.82) is 0 Å². The zero-order valence-corrected chi connectivity index (χ0v) is 12.8. The van der Waals surface area contributed by atoms with Crippen LogP contribution < -0.4 is 10.6 Å². The lowest BCUT2D eigenvalue weighted by molar-refractivity contribution is 0.187. The molecule has 0 radical (unpaired) electrons. The molecule has 0 bridgehead atoms. The highest BCUT2D eigenvalue weighted by molar-refractivity contribution is 6.34. The van der Waals surface area contributed by atoms with Crippen molar-refractivity contribution in [3.63, 3.8) is 0 Å². The van der Waals surface area contributed by atoms with E-state index in [1.54, 1.807) is 12.1 Å². The average molecular weight is 325 g/mol. The molecular formula is C15H14Cl2N2O2. The van der Waals surface area contributed by atoms with Gasteiger partial charge in [0.15, 0.2) is 0 Å². The van der Waals surface area contributed by atoms with Crippen LogP contribution in [0.4, 0.5) is 16.2 Å². The van der Waals surface area contributed by atoms with Gasteiger partial charge in [0.1, 0.15) is 0 Å². The van der Waals surface area contributed by atoms with Crippen molar-refractivity contribution in [2.45, 2.75) is 6.54 Å². The first-order valence-corrected chi connectivity index (χ1v) is 6.96. The Morgan fingerprint density at radius 1 is 1.10 bits per heavy atom. The Labute approximate surface area is 133 Å². The first kappa shape index (κ1) is 15.5. The minimum absolute atomic E-state index is 0.506. The van der Waals surface area contributed by atoms with Crippen molar-refractivity contribution in [1.82, 2.24) is 0 Å². The summed E-state index contributed by atoms with van der Waals surface area (Å²) in [6, 6.07) is 12.7. The van der Waals surface area contributed by atoms with Crippen LogP contribution in [-0.2, 0) is 11.3 Å². The average Bonchev–Trinajstić information content (AvgIpc) is 2.44. The zero-order valence-electron chi connectivity index (χ0n) is 11.3. The lowest BCUT2D eigenvalue weighted by Gasteiger charge is -2.10. The van der Waals surface area contributed by atoms with E-state index in [-0.39, 0.29) is 0 Å². The molecule has 2 rings (SSSR count). The molecular weight excluding hydrogens is 311 g/mol. The highest BCUT2D eigenvalue weighted by atomic mass is 35.5. The molecule has 0 atom stereocenters. The quantitative estimate of drug-likeness (QED) is 0.850. The van der Waals surface area contributed by atoms with Gasteiger partial charge in [-0.05, 0) is 42.0 Å². The predicted octanol–water partition coefficient (Wildman–Crippen LogP) is 4.78. The van der Waals surface area contributed by atoms with Crippen molar-refractivity contribution >= 4 is 40.7 Å². The summed E-state index contributed by atoms with van der Waals surface area (Å²) in [4.78, 5) is 11.2. The van der Waals surface area contributed by atoms with Crippen molar-refractivity contribution in [3.8, 4) is 0 Å². The number of methoxy groups -OCH3 is 1. The molecule has 0 saturated carbocycles. The summed E-state index contributed by atoms with van der Waals surface area (Å²) >= 11 is 11.9. The second-order valence-electron chi connectivity index (χ2n) is 4.33. The van der Waals surface area contributed by atoms with Crippen LogP contribution in [0.1, 0.15) is 5.56 Å². The maximum absolute atomic E-state index is 11.2. The molecule has 4 nitrogen and oxygen atoms in total. The van der Waals surface area contributed by atoms with Crippen LogP contribution >= 0.6 is 23.2 Å². The number of rotatable bonds is 4. The Morgan fingerprint density at radius 3 is 2.43 bits per heavy atom. The molecule has 0 aromatic heterocycles. The molecule has 2 N–H and O–H groups in total. The maximum Gasteiger partial charge on any atom is 0.411 e. The van der Waals surface area contributed by atoms with Gasteiger partial charge in [0.05, 0.1) is 7.11 Å². The lowest BCUT2D eigenvalue weighted by Crippen LogP contribution is -2.11. The van der Waals surface area contributed by atoms with Gasteiger partial charge in [0.2, 0.25) is 0 Å². The van der Waals surface area contributed by atoms with Crippen LogP contribution in [0.2, 0.25) is 10.0 Å². The second kappa shape index (κ2) is 7.20. The van der Waals surface area contributed by atoms with Gasteiger partial charge in [-0.3, -0.25) is 5.32 Å². The van der Waals surface area contributed by atoms with Gasteiger partial charge < -0.3 is 10.1 Å². The number of nitrogens with one attached hydrogen (secondary N) is 2.